The van der Waals surface area contributed by atoms with Crippen LogP contribution in [-0.2, 0) is 0 Å². The van der Waals surface area contributed by atoms with E-state index in [1.165, 1.54) is 6.07 Å². The van der Waals surface area contributed by atoms with Crippen LogP contribution in [0.5, 0.6) is 11.5 Å². The van der Waals surface area contributed by atoms with Crippen LogP contribution in [0.15, 0.2) is 48.7 Å². The van der Waals surface area contributed by atoms with Crippen LogP contribution in [0.4, 0.5) is 8.78 Å². The molecule has 3 heterocycles. The van der Waals surface area contributed by atoms with Gasteiger partial charge in [0, 0.05) is 17.2 Å². The number of ether oxygens (including phenoxy) is 1. The summed E-state index contributed by atoms with van der Waals surface area (Å²) in [6.07, 6.45) is 3.75. The predicted octanol–water partition coefficient (Wildman–Crippen LogP) is 4.70. The molecule has 184 valence electrons. The second kappa shape index (κ2) is 9.84. The molecule has 0 radical (unpaired) electrons. The number of fused-ring (bicyclic) bond motifs is 1. The number of nitrogens with two attached hydrogens (primary N) is 1. The van der Waals surface area contributed by atoms with Gasteiger partial charge in [-0.1, -0.05) is 5.92 Å². The summed E-state index contributed by atoms with van der Waals surface area (Å²) in [4.78, 5) is 18.1. The van der Waals surface area contributed by atoms with Gasteiger partial charge in [0.05, 0.1) is 18.4 Å². The monoisotopic (exact) mass is 489 g/mol. The number of aromatic amines is 1. The fourth-order valence-corrected chi connectivity index (χ4v) is 4.64. The molecule has 0 aliphatic carbocycles. The number of nitrogens with one attached hydrogen (secondary N) is 1. The molecule has 1 saturated heterocycles. The number of amides is 1. The molecule has 2 aromatic carbocycles. The molecule has 0 unspecified atom stereocenters. The Morgan fingerprint density at radius 3 is 2.61 bits per heavy atom. The summed E-state index contributed by atoms with van der Waals surface area (Å²) in [5.41, 5.74) is 9.03. The van der Waals surface area contributed by atoms with Gasteiger partial charge in [0.1, 0.15) is 17.2 Å². The topological polar surface area (TPSA) is 88.7 Å². The number of imidazole rings is 1. The van der Waals surface area contributed by atoms with Crippen molar-refractivity contribution in [2.75, 3.05) is 19.6 Å². The lowest BCUT2D eigenvalue weighted by atomic mass is 9.91. The van der Waals surface area contributed by atoms with Crippen molar-refractivity contribution in [2.24, 2.45) is 5.73 Å². The maximum Gasteiger partial charge on any atom is 0.269 e. The third kappa shape index (κ3) is 4.55. The molecule has 0 saturated carbocycles. The minimum atomic E-state index is -0.794. The van der Waals surface area contributed by atoms with Crippen LogP contribution in [-0.4, -0.2) is 45.0 Å². The average Bonchev–Trinajstić information content (AvgIpc) is 3.45. The third-order valence-electron chi connectivity index (χ3n) is 6.49. The Labute approximate surface area is 206 Å². The number of hydrogen-bond donors (Lipinski definition) is 2. The zero-order valence-corrected chi connectivity index (χ0v) is 19.7. The molecular formula is C27H25F2N5O2. The fraction of sp³-hybridized carbons (Fsp3) is 0.259. The van der Waals surface area contributed by atoms with E-state index in [2.05, 4.69) is 26.8 Å². The Hall–Kier alpha value is -4.16. The number of hydrogen-bond acceptors (Lipinski definition) is 4. The molecule has 1 aliphatic rings. The first-order chi connectivity index (χ1) is 17.4. The van der Waals surface area contributed by atoms with Crippen molar-refractivity contribution in [3.8, 4) is 34.6 Å². The van der Waals surface area contributed by atoms with Crippen molar-refractivity contribution in [2.45, 2.75) is 25.7 Å². The molecule has 0 spiro atoms. The van der Waals surface area contributed by atoms with Crippen LogP contribution in [0.2, 0.25) is 0 Å². The number of likely N-dealkylation sites (tertiary alicyclic amines) is 1. The van der Waals surface area contributed by atoms with Gasteiger partial charge in [0.25, 0.3) is 5.91 Å². The van der Waals surface area contributed by atoms with Crippen molar-refractivity contribution >= 4 is 11.6 Å². The SMILES string of the molecule is CC#CCN1CCC(c2cnn3c(C(N)=O)c(-c4ccc(Oc5ccc(F)cc5F)cc4)[nH]c23)CC1. The van der Waals surface area contributed by atoms with E-state index in [1.807, 2.05) is 13.1 Å². The van der Waals surface area contributed by atoms with Gasteiger partial charge < -0.3 is 15.5 Å². The van der Waals surface area contributed by atoms with E-state index >= 15 is 0 Å². The third-order valence-corrected chi connectivity index (χ3v) is 6.49. The first kappa shape index (κ1) is 23.6. The normalized spacial score (nSPS) is 14.5. The van der Waals surface area contributed by atoms with Crippen molar-refractivity contribution in [3.63, 3.8) is 0 Å². The molecule has 2 aromatic heterocycles. The zero-order chi connectivity index (χ0) is 25.2. The van der Waals surface area contributed by atoms with E-state index in [1.54, 1.807) is 28.8 Å². The lowest BCUT2D eigenvalue weighted by molar-refractivity contribution is 0.0994. The van der Waals surface area contributed by atoms with Gasteiger partial charge in [-0.15, -0.1) is 5.92 Å². The molecule has 7 nitrogen and oxygen atoms in total. The minimum Gasteiger partial charge on any atom is -0.454 e. The summed E-state index contributed by atoms with van der Waals surface area (Å²) >= 11 is 0. The number of carbonyl (C=O) groups is 1. The Kier molecular flexibility index (Phi) is 6.44. The van der Waals surface area contributed by atoms with Crippen LogP contribution in [0.25, 0.3) is 16.9 Å². The molecule has 1 amide bonds. The smallest absolute Gasteiger partial charge is 0.269 e. The number of nitrogens with zero attached hydrogens (tertiary/aromatic N) is 3. The lowest BCUT2D eigenvalue weighted by Crippen LogP contribution is -2.33. The highest BCUT2D eigenvalue weighted by molar-refractivity contribution is 5.98. The van der Waals surface area contributed by atoms with Gasteiger partial charge in [-0.25, -0.2) is 13.3 Å². The number of piperidine rings is 1. The highest BCUT2D eigenvalue weighted by Gasteiger charge is 2.27. The molecule has 0 bridgehead atoms. The average molecular weight is 490 g/mol. The summed E-state index contributed by atoms with van der Waals surface area (Å²) in [6, 6.07) is 9.88. The van der Waals surface area contributed by atoms with E-state index in [0.717, 1.165) is 55.8 Å². The van der Waals surface area contributed by atoms with Gasteiger partial charge in [-0.2, -0.15) is 5.10 Å². The van der Waals surface area contributed by atoms with Gasteiger partial charge in [0.2, 0.25) is 0 Å². The minimum absolute atomic E-state index is 0.0854. The van der Waals surface area contributed by atoms with Crippen LogP contribution >= 0.6 is 0 Å². The van der Waals surface area contributed by atoms with Crippen LogP contribution < -0.4 is 10.5 Å². The molecule has 3 N–H and O–H groups in total. The highest BCUT2D eigenvalue weighted by Crippen LogP contribution is 2.34. The van der Waals surface area contributed by atoms with Gasteiger partial charge in [0.15, 0.2) is 17.3 Å². The van der Waals surface area contributed by atoms with E-state index < -0.39 is 17.5 Å². The lowest BCUT2D eigenvalue weighted by Gasteiger charge is -2.30. The van der Waals surface area contributed by atoms with Gasteiger partial charge in [-0.3, -0.25) is 9.69 Å². The number of rotatable bonds is 6. The van der Waals surface area contributed by atoms with Crippen LogP contribution in [0.1, 0.15) is 41.7 Å². The molecule has 9 heteroatoms. The maximum atomic E-state index is 13.9. The molecule has 36 heavy (non-hydrogen) atoms. The van der Waals surface area contributed by atoms with Crippen molar-refractivity contribution in [1.29, 1.82) is 0 Å². The summed E-state index contributed by atoms with van der Waals surface area (Å²) in [5.74, 6) is 4.57. The molecule has 0 atom stereocenters. The van der Waals surface area contributed by atoms with E-state index in [9.17, 15) is 13.6 Å². The molecular weight excluding hydrogens is 464 g/mol. The van der Waals surface area contributed by atoms with Crippen LogP contribution in [0, 0.1) is 23.5 Å². The van der Waals surface area contributed by atoms with E-state index in [-0.39, 0.29) is 11.4 Å². The van der Waals surface area contributed by atoms with Gasteiger partial charge >= 0.3 is 0 Å². The summed E-state index contributed by atoms with van der Waals surface area (Å²) in [5, 5.41) is 4.47. The second-order valence-electron chi connectivity index (χ2n) is 8.75. The largest absolute Gasteiger partial charge is 0.454 e. The Balaban J connectivity index is 1.41. The zero-order valence-electron chi connectivity index (χ0n) is 19.7. The summed E-state index contributed by atoms with van der Waals surface area (Å²) < 4.78 is 34.2. The first-order valence-electron chi connectivity index (χ1n) is 11.7. The first-order valence-corrected chi connectivity index (χ1v) is 11.7. The Morgan fingerprint density at radius 1 is 1.19 bits per heavy atom. The second-order valence-corrected chi connectivity index (χ2v) is 8.75. The number of carbonyl (C=O) groups excluding carboxylic acids is 1. The quantitative estimate of drug-likeness (QED) is 0.384. The Morgan fingerprint density at radius 2 is 1.94 bits per heavy atom. The van der Waals surface area contributed by atoms with Gasteiger partial charge in [-0.05, 0) is 75.2 Å². The number of H-pyrrole nitrogens is 1. The van der Waals surface area contributed by atoms with Crippen molar-refractivity contribution < 1.29 is 18.3 Å². The number of primary amides is 1. The highest BCUT2D eigenvalue weighted by atomic mass is 19.1. The molecule has 4 aromatic rings. The fourth-order valence-electron chi connectivity index (χ4n) is 4.64. The molecule has 1 aliphatic heterocycles. The number of benzene rings is 2. The van der Waals surface area contributed by atoms with Crippen LogP contribution in [0.3, 0.4) is 0 Å². The van der Waals surface area contributed by atoms with Crippen molar-refractivity contribution in [3.05, 3.63) is 71.6 Å². The van der Waals surface area contributed by atoms with Crippen molar-refractivity contribution in [1.82, 2.24) is 19.5 Å². The Bertz CT molecular complexity index is 1470. The maximum absolute atomic E-state index is 13.9. The number of aromatic nitrogens is 3. The summed E-state index contributed by atoms with van der Waals surface area (Å²) in [7, 11) is 0. The standard InChI is InChI=1S/C27H25F2N5O2/c1-2-3-12-33-13-10-17(11-14-33)21-16-31-34-25(26(30)35)24(32-27(21)34)18-4-7-20(8-5-18)36-23-9-6-19(28)15-22(23)29/h4-9,15-17,32H,10-14H2,1H3,(H2,30,35). The number of halogens is 2. The summed E-state index contributed by atoms with van der Waals surface area (Å²) in [6.45, 7) is 4.52. The molecule has 1 fully saturated rings. The predicted molar refractivity (Wildman–Crippen MR) is 132 cm³/mol. The van der Waals surface area contributed by atoms with E-state index in [0.29, 0.717) is 22.9 Å². The van der Waals surface area contributed by atoms with E-state index in [4.69, 9.17) is 10.5 Å². The molecule has 5 rings (SSSR count).